The molecule has 158 valence electrons. The van der Waals surface area contributed by atoms with Gasteiger partial charge < -0.3 is 21.7 Å². The van der Waals surface area contributed by atoms with Crippen LogP contribution in [0.4, 0.5) is 23.1 Å². The molecule has 0 saturated heterocycles. The van der Waals surface area contributed by atoms with Crippen molar-refractivity contribution in [3.63, 3.8) is 0 Å². The predicted octanol–water partition coefficient (Wildman–Crippen LogP) is 2.27. The van der Waals surface area contributed by atoms with E-state index in [2.05, 4.69) is 31.0 Å². The number of nitrogens with one attached hydrogen (secondary N) is 3. The number of anilines is 4. The first kappa shape index (κ1) is 19.0. The molecule has 2 aromatic heterocycles. The van der Waals surface area contributed by atoms with E-state index >= 15 is 0 Å². The van der Waals surface area contributed by atoms with Gasteiger partial charge in [-0.1, -0.05) is 6.07 Å². The quantitative estimate of drug-likeness (QED) is 0.481. The van der Waals surface area contributed by atoms with Crippen molar-refractivity contribution in [1.82, 2.24) is 25.1 Å². The van der Waals surface area contributed by atoms with E-state index in [0.29, 0.717) is 36.2 Å². The van der Waals surface area contributed by atoms with Gasteiger partial charge in [0.05, 0.1) is 17.9 Å². The summed E-state index contributed by atoms with van der Waals surface area (Å²) in [5.74, 6) is -0.179. The first-order valence-electron chi connectivity index (χ1n) is 10.2. The van der Waals surface area contributed by atoms with Crippen molar-refractivity contribution < 1.29 is 9.59 Å². The lowest BCUT2D eigenvalue weighted by atomic mass is 9.93. The van der Waals surface area contributed by atoms with Gasteiger partial charge in [0, 0.05) is 30.2 Å². The SMILES string of the molecule is NC(=O)c1cnc(Nc2cnn(C3CCC3)c2)nc1Nc1cccc2c1CCNC2=O. The second-order valence-electron chi connectivity index (χ2n) is 7.70. The van der Waals surface area contributed by atoms with Crippen molar-refractivity contribution in [3.8, 4) is 0 Å². The van der Waals surface area contributed by atoms with Crippen LogP contribution in [0.25, 0.3) is 0 Å². The van der Waals surface area contributed by atoms with Gasteiger partial charge in [-0.15, -0.1) is 0 Å². The lowest BCUT2D eigenvalue weighted by Crippen LogP contribution is -2.32. The van der Waals surface area contributed by atoms with Crippen molar-refractivity contribution in [1.29, 1.82) is 0 Å². The highest BCUT2D eigenvalue weighted by Crippen LogP contribution is 2.32. The molecule has 10 nitrogen and oxygen atoms in total. The van der Waals surface area contributed by atoms with Gasteiger partial charge in [0.2, 0.25) is 5.95 Å². The summed E-state index contributed by atoms with van der Waals surface area (Å²) in [6.07, 6.45) is 9.21. The number of nitrogens with two attached hydrogens (primary N) is 1. The Hall–Kier alpha value is -3.95. The van der Waals surface area contributed by atoms with E-state index in [9.17, 15) is 9.59 Å². The molecule has 10 heteroatoms. The number of fused-ring (bicyclic) bond motifs is 1. The largest absolute Gasteiger partial charge is 0.365 e. The number of hydrogen-bond acceptors (Lipinski definition) is 7. The van der Waals surface area contributed by atoms with E-state index in [0.717, 1.165) is 24.1 Å². The Morgan fingerprint density at radius 1 is 1.23 bits per heavy atom. The lowest BCUT2D eigenvalue weighted by molar-refractivity contribution is 0.0944. The van der Waals surface area contributed by atoms with Gasteiger partial charge in [0.1, 0.15) is 11.4 Å². The van der Waals surface area contributed by atoms with Crippen LogP contribution in [0.1, 0.15) is 51.6 Å². The number of nitrogens with zero attached hydrogens (tertiary/aromatic N) is 4. The molecule has 0 atom stereocenters. The fourth-order valence-electron chi connectivity index (χ4n) is 3.81. The molecule has 5 N–H and O–H groups in total. The monoisotopic (exact) mass is 418 g/mol. The van der Waals surface area contributed by atoms with E-state index in [1.165, 1.54) is 12.6 Å². The molecule has 1 aliphatic heterocycles. The van der Waals surface area contributed by atoms with Crippen LogP contribution >= 0.6 is 0 Å². The number of amides is 2. The average molecular weight is 418 g/mol. The van der Waals surface area contributed by atoms with Crippen molar-refractivity contribution >= 4 is 35.0 Å². The molecular formula is C21H22N8O2. The molecule has 1 fully saturated rings. The Balaban J connectivity index is 1.44. The summed E-state index contributed by atoms with van der Waals surface area (Å²) in [4.78, 5) is 32.8. The molecule has 0 radical (unpaired) electrons. The molecular weight excluding hydrogens is 396 g/mol. The topological polar surface area (TPSA) is 140 Å². The van der Waals surface area contributed by atoms with E-state index in [4.69, 9.17) is 5.73 Å². The second-order valence-corrected chi connectivity index (χ2v) is 7.70. The van der Waals surface area contributed by atoms with Gasteiger partial charge in [-0.2, -0.15) is 10.1 Å². The summed E-state index contributed by atoms with van der Waals surface area (Å²) in [5, 5.41) is 13.5. The van der Waals surface area contributed by atoms with E-state index in [1.54, 1.807) is 18.3 Å². The van der Waals surface area contributed by atoms with Gasteiger partial charge in [0.25, 0.3) is 11.8 Å². The molecule has 0 unspecified atom stereocenters. The normalized spacial score (nSPS) is 15.5. The number of carbonyl (C=O) groups excluding carboxylic acids is 2. The van der Waals surface area contributed by atoms with E-state index < -0.39 is 5.91 Å². The van der Waals surface area contributed by atoms with Crippen molar-refractivity contribution in [2.75, 3.05) is 17.2 Å². The zero-order chi connectivity index (χ0) is 21.4. The summed E-state index contributed by atoms with van der Waals surface area (Å²) in [6.45, 7) is 0.550. The summed E-state index contributed by atoms with van der Waals surface area (Å²) < 4.78 is 1.95. The molecule has 3 aromatic rings. The molecule has 3 heterocycles. The zero-order valence-corrected chi connectivity index (χ0v) is 16.8. The Kier molecular flexibility index (Phi) is 4.73. The standard InChI is InChI=1S/C21H22N8O2/c22-18(30)16-10-24-21(26-12-9-25-29(11-12)13-3-1-4-13)28-19(16)27-17-6-2-5-15-14(17)7-8-23-20(15)31/h2,5-6,9-11,13H,1,3-4,7-8H2,(H2,22,30)(H,23,31)(H2,24,26,27,28). The van der Waals surface area contributed by atoms with Gasteiger partial charge in [0.15, 0.2) is 0 Å². The molecule has 0 bridgehead atoms. The molecule has 31 heavy (non-hydrogen) atoms. The minimum absolute atomic E-state index is 0.117. The summed E-state index contributed by atoms with van der Waals surface area (Å²) in [6, 6.07) is 5.86. The molecule has 1 aliphatic carbocycles. The third-order valence-electron chi connectivity index (χ3n) is 5.69. The first-order valence-corrected chi connectivity index (χ1v) is 10.2. The van der Waals surface area contributed by atoms with Gasteiger partial charge >= 0.3 is 0 Å². The molecule has 5 rings (SSSR count). The highest BCUT2D eigenvalue weighted by atomic mass is 16.2. The second kappa shape index (κ2) is 7.71. The van der Waals surface area contributed by atoms with Crippen LogP contribution in [-0.2, 0) is 6.42 Å². The van der Waals surface area contributed by atoms with Crippen LogP contribution in [0.5, 0.6) is 0 Å². The Morgan fingerprint density at radius 2 is 2.10 bits per heavy atom. The minimum Gasteiger partial charge on any atom is -0.365 e. The lowest BCUT2D eigenvalue weighted by Gasteiger charge is -2.25. The molecule has 0 spiro atoms. The number of aromatic nitrogens is 4. The molecule has 2 aliphatic rings. The van der Waals surface area contributed by atoms with Crippen molar-refractivity contribution in [3.05, 3.63) is 53.5 Å². The van der Waals surface area contributed by atoms with Crippen LogP contribution in [-0.4, -0.2) is 38.1 Å². The van der Waals surface area contributed by atoms with E-state index in [1.807, 2.05) is 16.9 Å². The smallest absolute Gasteiger partial charge is 0.254 e. The fraction of sp³-hybridized carbons (Fsp3) is 0.286. The van der Waals surface area contributed by atoms with Crippen LogP contribution in [0.15, 0.2) is 36.8 Å². The summed E-state index contributed by atoms with van der Waals surface area (Å²) >= 11 is 0. The Morgan fingerprint density at radius 3 is 2.87 bits per heavy atom. The Bertz CT molecular complexity index is 1170. The minimum atomic E-state index is -0.644. The van der Waals surface area contributed by atoms with Crippen LogP contribution in [0.3, 0.4) is 0 Å². The maximum Gasteiger partial charge on any atom is 0.254 e. The Labute approximate surface area is 178 Å². The van der Waals surface area contributed by atoms with Crippen LogP contribution in [0, 0.1) is 0 Å². The third kappa shape index (κ3) is 3.67. The summed E-state index contributed by atoms with van der Waals surface area (Å²) in [5.41, 5.74) is 8.64. The molecule has 1 saturated carbocycles. The molecule has 2 amide bonds. The number of hydrogen-bond donors (Lipinski definition) is 4. The number of primary amides is 1. The predicted molar refractivity (Wildman–Crippen MR) is 115 cm³/mol. The van der Waals surface area contributed by atoms with Crippen molar-refractivity contribution in [2.45, 2.75) is 31.7 Å². The van der Waals surface area contributed by atoms with E-state index in [-0.39, 0.29) is 17.3 Å². The number of benzene rings is 1. The van der Waals surface area contributed by atoms with Gasteiger partial charge in [-0.05, 0) is 43.4 Å². The first-order chi connectivity index (χ1) is 15.1. The summed E-state index contributed by atoms with van der Waals surface area (Å²) in [7, 11) is 0. The maximum absolute atomic E-state index is 12.1. The van der Waals surface area contributed by atoms with Crippen LogP contribution < -0.4 is 21.7 Å². The molecule has 1 aromatic carbocycles. The van der Waals surface area contributed by atoms with Crippen LogP contribution in [0.2, 0.25) is 0 Å². The fourth-order valence-corrected chi connectivity index (χ4v) is 3.81. The van der Waals surface area contributed by atoms with Gasteiger partial charge in [-0.3, -0.25) is 14.3 Å². The highest BCUT2D eigenvalue weighted by molar-refractivity contribution is 6.00. The highest BCUT2D eigenvalue weighted by Gasteiger charge is 2.22. The number of carbonyl (C=O) groups is 2. The zero-order valence-electron chi connectivity index (χ0n) is 16.8. The number of rotatable bonds is 6. The third-order valence-corrected chi connectivity index (χ3v) is 5.69. The average Bonchev–Trinajstić information content (AvgIpc) is 3.15. The van der Waals surface area contributed by atoms with Gasteiger partial charge in [-0.25, -0.2) is 4.98 Å². The van der Waals surface area contributed by atoms with Crippen molar-refractivity contribution in [2.24, 2.45) is 5.73 Å². The maximum atomic E-state index is 12.1.